The minimum atomic E-state index is -2.65. The van der Waals surface area contributed by atoms with E-state index in [9.17, 15) is 13.6 Å². The molecule has 1 spiro atoms. The molecule has 2 aliphatic rings. The SMILES string of the molecule is Cc1cc(Nc2nccc(C(F)F)n2)cc(-c2cnn(CC3CC(=O)NC34CC4)c2)c1. The van der Waals surface area contributed by atoms with Gasteiger partial charge in [-0.15, -0.1) is 0 Å². The summed E-state index contributed by atoms with van der Waals surface area (Å²) in [6, 6.07) is 7.05. The van der Waals surface area contributed by atoms with Crippen molar-refractivity contribution in [1.29, 1.82) is 0 Å². The molecule has 1 saturated carbocycles. The molecule has 1 aliphatic carbocycles. The van der Waals surface area contributed by atoms with Gasteiger partial charge in [-0.25, -0.2) is 18.7 Å². The summed E-state index contributed by atoms with van der Waals surface area (Å²) in [5.41, 5.74) is 3.25. The fourth-order valence-electron chi connectivity index (χ4n) is 4.30. The molecule has 1 amide bonds. The number of nitrogens with one attached hydrogen (secondary N) is 2. The maximum absolute atomic E-state index is 12.9. The zero-order valence-corrected chi connectivity index (χ0v) is 17.0. The summed E-state index contributed by atoms with van der Waals surface area (Å²) in [5, 5.41) is 10.6. The first kappa shape index (κ1) is 19.6. The molecule has 160 valence electrons. The Morgan fingerprint density at radius 2 is 2.13 bits per heavy atom. The number of anilines is 2. The Balaban J connectivity index is 1.35. The van der Waals surface area contributed by atoms with Gasteiger partial charge >= 0.3 is 0 Å². The van der Waals surface area contributed by atoms with Gasteiger partial charge in [0.25, 0.3) is 6.43 Å². The number of nitrogens with zero attached hydrogens (tertiary/aromatic N) is 4. The second kappa shape index (κ2) is 7.40. The third-order valence-electron chi connectivity index (χ3n) is 6.00. The number of benzene rings is 1. The van der Waals surface area contributed by atoms with Crippen LogP contribution in [0.3, 0.4) is 0 Å². The second-order valence-electron chi connectivity index (χ2n) is 8.37. The number of hydrogen-bond acceptors (Lipinski definition) is 5. The fourth-order valence-corrected chi connectivity index (χ4v) is 4.30. The number of aromatic nitrogens is 4. The van der Waals surface area contributed by atoms with Crippen LogP contribution in [0.4, 0.5) is 20.4 Å². The first-order valence-corrected chi connectivity index (χ1v) is 10.2. The molecule has 2 N–H and O–H groups in total. The van der Waals surface area contributed by atoms with E-state index >= 15 is 0 Å². The molecule has 1 aliphatic heterocycles. The maximum atomic E-state index is 12.9. The number of carbonyl (C=O) groups is 1. The summed E-state index contributed by atoms with van der Waals surface area (Å²) < 4.78 is 27.7. The lowest BCUT2D eigenvalue weighted by molar-refractivity contribution is -0.119. The van der Waals surface area contributed by atoms with Crippen molar-refractivity contribution >= 4 is 17.5 Å². The first-order valence-electron chi connectivity index (χ1n) is 10.2. The minimum Gasteiger partial charge on any atom is -0.350 e. The predicted octanol–water partition coefficient (Wildman–Crippen LogP) is 4.00. The fraction of sp³-hybridized carbons (Fsp3) is 0.364. The molecular formula is C22H22F2N6O. The Kier molecular flexibility index (Phi) is 4.68. The maximum Gasteiger partial charge on any atom is 0.280 e. The molecule has 7 nitrogen and oxygen atoms in total. The predicted molar refractivity (Wildman–Crippen MR) is 111 cm³/mol. The van der Waals surface area contributed by atoms with Gasteiger partial charge in [-0.2, -0.15) is 5.10 Å². The van der Waals surface area contributed by atoms with Gasteiger partial charge in [0, 0.05) is 48.1 Å². The standard InChI is InChI=1S/C22H22F2N6O/c1-13-6-14(8-17(7-13)27-21-25-5-2-18(28-21)20(23)24)15-10-26-30(11-15)12-16-9-19(31)29-22(16)3-4-22/h2,5-8,10-11,16,20H,3-4,9,12H2,1H3,(H,29,31)(H,25,27,28). The van der Waals surface area contributed by atoms with Gasteiger partial charge in [-0.05, 0) is 49.1 Å². The number of alkyl halides is 2. The van der Waals surface area contributed by atoms with E-state index in [1.165, 1.54) is 12.3 Å². The van der Waals surface area contributed by atoms with Crippen molar-refractivity contribution in [3.8, 4) is 11.1 Å². The normalized spacial score (nSPS) is 19.1. The monoisotopic (exact) mass is 424 g/mol. The second-order valence-corrected chi connectivity index (χ2v) is 8.37. The van der Waals surface area contributed by atoms with Crippen LogP contribution >= 0.6 is 0 Å². The van der Waals surface area contributed by atoms with Gasteiger partial charge in [-0.1, -0.05) is 6.07 Å². The molecule has 0 bridgehead atoms. The molecule has 5 rings (SSSR count). The van der Waals surface area contributed by atoms with Crippen LogP contribution in [0.1, 0.15) is 36.9 Å². The number of rotatable bonds is 6. The lowest BCUT2D eigenvalue weighted by Gasteiger charge is -2.17. The van der Waals surface area contributed by atoms with Gasteiger partial charge < -0.3 is 10.6 Å². The van der Waals surface area contributed by atoms with Crippen LogP contribution in [0.15, 0.2) is 42.9 Å². The van der Waals surface area contributed by atoms with Crippen LogP contribution in [0.25, 0.3) is 11.1 Å². The highest BCUT2D eigenvalue weighted by atomic mass is 19.3. The van der Waals surface area contributed by atoms with Crippen molar-refractivity contribution in [2.45, 2.75) is 44.7 Å². The van der Waals surface area contributed by atoms with Crippen LogP contribution in [-0.4, -0.2) is 31.2 Å². The molecule has 31 heavy (non-hydrogen) atoms. The van der Waals surface area contributed by atoms with Gasteiger partial charge in [0.1, 0.15) is 5.69 Å². The Labute approximate surface area is 177 Å². The Hall–Kier alpha value is -3.36. The van der Waals surface area contributed by atoms with E-state index in [0.717, 1.165) is 29.5 Å². The molecule has 3 heterocycles. The van der Waals surface area contributed by atoms with Gasteiger partial charge in [0.05, 0.1) is 6.20 Å². The highest BCUT2D eigenvalue weighted by Crippen LogP contribution is 2.48. The van der Waals surface area contributed by atoms with Crippen molar-refractivity contribution in [3.63, 3.8) is 0 Å². The average Bonchev–Trinajstić information content (AvgIpc) is 3.22. The number of aryl methyl sites for hydroxylation is 1. The summed E-state index contributed by atoms with van der Waals surface area (Å²) in [6.07, 6.45) is 5.07. The van der Waals surface area contributed by atoms with E-state index in [1.807, 2.05) is 36.0 Å². The molecule has 1 saturated heterocycles. The third kappa shape index (κ3) is 3.99. The molecular weight excluding hydrogens is 402 g/mol. The van der Waals surface area contributed by atoms with Crippen molar-refractivity contribution < 1.29 is 13.6 Å². The lowest BCUT2D eigenvalue weighted by Crippen LogP contribution is -2.32. The summed E-state index contributed by atoms with van der Waals surface area (Å²) in [6.45, 7) is 2.66. The topological polar surface area (TPSA) is 84.7 Å². The van der Waals surface area contributed by atoms with Gasteiger partial charge in [0.15, 0.2) is 0 Å². The highest BCUT2D eigenvalue weighted by Gasteiger charge is 2.55. The number of amides is 1. The van der Waals surface area contributed by atoms with E-state index in [0.29, 0.717) is 18.7 Å². The molecule has 1 unspecified atom stereocenters. The van der Waals surface area contributed by atoms with E-state index in [-0.39, 0.29) is 29.0 Å². The van der Waals surface area contributed by atoms with Crippen LogP contribution in [0.5, 0.6) is 0 Å². The van der Waals surface area contributed by atoms with Crippen molar-refractivity contribution in [2.24, 2.45) is 5.92 Å². The quantitative estimate of drug-likeness (QED) is 0.625. The zero-order chi connectivity index (χ0) is 21.6. The molecule has 2 fully saturated rings. The summed E-state index contributed by atoms with van der Waals surface area (Å²) in [4.78, 5) is 19.7. The lowest BCUT2D eigenvalue weighted by atomic mass is 9.98. The number of carbonyl (C=O) groups excluding carboxylic acids is 1. The number of hydrogen-bond donors (Lipinski definition) is 2. The van der Waals surface area contributed by atoms with Crippen molar-refractivity contribution in [1.82, 2.24) is 25.1 Å². The van der Waals surface area contributed by atoms with Crippen LogP contribution in [0, 0.1) is 12.8 Å². The molecule has 1 atom stereocenters. The van der Waals surface area contributed by atoms with Crippen molar-refractivity contribution in [3.05, 3.63) is 54.1 Å². The molecule has 1 aromatic carbocycles. The van der Waals surface area contributed by atoms with E-state index in [1.54, 1.807) is 6.20 Å². The van der Waals surface area contributed by atoms with E-state index in [4.69, 9.17) is 0 Å². The van der Waals surface area contributed by atoms with Crippen LogP contribution in [-0.2, 0) is 11.3 Å². The highest BCUT2D eigenvalue weighted by molar-refractivity contribution is 5.80. The zero-order valence-electron chi connectivity index (χ0n) is 17.0. The Morgan fingerprint density at radius 1 is 1.29 bits per heavy atom. The van der Waals surface area contributed by atoms with Crippen LogP contribution in [0.2, 0.25) is 0 Å². The minimum absolute atomic E-state index is 0.0175. The first-order chi connectivity index (χ1) is 14.9. The largest absolute Gasteiger partial charge is 0.350 e. The summed E-state index contributed by atoms with van der Waals surface area (Å²) >= 11 is 0. The van der Waals surface area contributed by atoms with Crippen LogP contribution < -0.4 is 10.6 Å². The average molecular weight is 424 g/mol. The van der Waals surface area contributed by atoms with Crippen molar-refractivity contribution in [2.75, 3.05) is 5.32 Å². The molecule has 2 aromatic heterocycles. The summed E-state index contributed by atoms with van der Waals surface area (Å²) in [7, 11) is 0. The number of halogens is 2. The van der Waals surface area contributed by atoms with Gasteiger partial charge in [0.2, 0.25) is 11.9 Å². The van der Waals surface area contributed by atoms with E-state index in [2.05, 4.69) is 25.7 Å². The Morgan fingerprint density at radius 3 is 2.90 bits per heavy atom. The molecule has 3 aromatic rings. The third-order valence-corrected chi connectivity index (χ3v) is 6.00. The Bertz CT molecular complexity index is 1140. The smallest absolute Gasteiger partial charge is 0.280 e. The molecule has 0 radical (unpaired) electrons. The van der Waals surface area contributed by atoms with Gasteiger partial charge in [-0.3, -0.25) is 9.48 Å². The van der Waals surface area contributed by atoms with E-state index < -0.39 is 6.43 Å². The summed E-state index contributed by atoms with van der Waals surface area (Å²) in [5.74, 6) is 0.516. The molecule has 9 heteroatoms.